The zero-order valence-electron chi connectivity index (χ0n) is 18.8. The molecule has 33 heavy (non-hydrogen) atoms. The number of ether oxygens (including phenoxy) is 2. The molecule has 4 rings (SSSR count). The van der Waals surface area contributed by atoms with E-state index < -0.39 is 0 Å². The zero-order chi connectivity index (χ0) is 23.2. The first kappa shape index (κ1) is 23.0. The first-order valence-electron chi connectivity index (χ1n) is 10.9. The minimum atomic E-state index is -0.150. The van der Waals surface area contributed by atoms with E-state index in [1.54, 1.807) is 13.2 Å². The molecule has 0 spiro atoms. The van der Waals surface area contributed by atoms with Crippen LogP contribution in [0.2, 0.25) is 5.02 Å². The van der Waals surface area contributed by atoms with Crippen LogP contribution in [0, 0.1) is 0 Å². The number of hydrogen-bond acceptors (Lipinski definition) is 5. The van der Waals surface area contributed by atoms with E-state index in [2.05, 4.69) is 22.1 Å². The highest BCUT2D eigenvalue weighted by Gasteiger charge is 2.12. The minimum Gasteiger partial charge on any atom is -0.494 e. The molecule has 0 aliphatic carbocycles. The van der Waals surface area contributed by atoms with E-state index in [4.69, 9.17) is 26.1 Å². The molecule has 2 aromatic heterocycles. The van der Waals surface area contributed by atoms with Gasteiger partial charge in [-0.15, -0.1) is 0 Å². The Morgan fingerprint density at radius 1 is 1.06 bits per heavy atom. The van der Waals surface area contributed by atoms with Gasteiger partial charge in [-0.1, -0.05) is 35.9 Å². The van der Waals surface area contributed by atoms with Crippen molar-refractivity contribution in [3.63, 3.8) is 0 Å². The number of rotatable bonds is 10. The predicted molar refractivity (Wildman–Crippen MR) is 130 cm³/mol. The number of benzene rings is 2. The molecule has 2 heterocycles. The number of nitrogens with one attached hydrogen (secondary N) is 1. The number of methoxy groups -OCH3 is 1. The third-order valence-electron chi connectivity index (χ3n) is 5.30. The van der Waals surface area contributed by atoms with Crippen LogP contribution in [-0.4, -0.2) is 46.4 Å². The highest BCUT2D eigenvalue weighted by atomic mass is 35.5. The van der Waals surface area contributed by atoms with E-state index in [0.717, 1.165) is 22.6 Å². The lowest BCUT2D eigenvalue weighted by atomic mass is 10.1. The van der Waals surface area contributed by atoms with Crippen molar-refractivity contribution in [2.24, 2.45) is 0 Å². The Morgan fingerprint density at radius 3 is 2.52 bits per heavy atom. The van der Waals surface area contributed by atoms with E-state index >= 15 is 0 Å². The summed E-state index contributed by atoms with van der Waals surface area (Å²) in [6, 6.07) is 19.0. The normalized spacial score (nSPS) is 11.4. The van der Waals surface area contributed by atoms with Gasteiger partial charge in [-0.2, -0.15) is 0 Å². The van der Waals surface area contributed by atoms with Crippen molar-refractivity contribution in [1.82, 2.24) is 19.5 Å². The van der Waals surface area contributed by atoms with Gasteiger partial charge in [0.15, 0.2) is 5.65 Å². The Kier molecular flexibility index (Phi) is 7.44. The number of aromatic amines is 1. The average molecular weight is 467 g/mol. The summed E-state index contributed by atoms with van der Waals surface area (Å²) in [4.78, 5) is 19.7. The quantitative estimate of drug-likeness (QED) is 0.375. The maximum Gasteiger partial charge on any atom is 0.272 e. The van der Waals surface area contributed by atoms with Crippen molar-refractivity contribution in [2.45, 2.75) is 20.0 Å². The summed E-state index contributed by atoms with van der Waals surface area (Å²) in [6.07, 6.45) is 0. The van der Waals surface area contributed by atoms with Crippen LogP contribution in [0.15, 0.2) is 65.5 Å². The lowest BCUT2D eigenvalue weighted by Gasteiger charge is -2.22. The fraction of sp³-hybridized carbons (Fsp3) is 0.280. The molecule has 0 saturated carbocycles. The molecule has 4 aromatic rings. The van der Waals surface area contributed by atoms with Crippen molar-refractivity contribution in [1.29, 1.82) is 0 Å². The van der Waals surface area contributed by atoms with Crippen molar-refractivity contribution in [2.75, 3.05) is 26.9 Å². The molecule has 172 valence electrons. The highest BCUT2D eigenvalue weighted by molar-refractivity contribution is 6.30. The molecule has 0 atom stereocenters. The van der Waals surface area contributed by atoms with Crippen LogP contribution in [0.4, 0.5) is 0 Å². The lowest BCUT2D eigenvalue weighted by Crippen LogP contribution is -2.28. The predicted octanol–water partition coefficient (Wildman–Crippen LogP) is 4.39. The van der Waals surface area contributed by atoms with Gasteiger partial charge in [-0.3, -0.25) is 14.8 Å². The van der Waals surface area contributed by atoms with Crippen LogP contribution in [0.5, 0.6) is 5.75 Å². The van der Waals surface area contributed by atoms with Crippen molar-refractivity contribution < 1.29 is 9.47 Å². The molecule has 7 nitrogen and oxygen atoms in total. The summed E-state index contributed by atoms with van der Waals surface area (Å²) < 4.78 is 12.3. The van der Waals surface area contributed by atoms with Crippen LogP contribution in [0.1, 0.15) is 18.2 Å². The van der Waals surface area contributed by atoms with Gasteiger partial charge >= 0.3 is 0 Å². The summed E-state index contributed by atoms with van der Waals surface area (Å²) in [7, 11) is 1.68. The second-order valence-corrected chi connectivity index (χ2v) is 8.17. The minimum absolute atomic E-state index is 0.150. The zero-order valence-corrected chi connectivity index (χ0v) is 19.5. The summed E-state index contributed by atoms with van der Waals surface area (Å²) in [5.41, 5.74) is 4.03. The second-order valence-electron chi connectivity index (χ2n) is 7.74. The maximum absolute atomic E-state index is 12.8. The van der Waals surface area contributed by atoms with Crippen molar-refractivity contribution in [3.8, 4) is 17.0 Å². The van der Waals surface area contributed by atoms with Crippen LogP contribution in [0.25, 0.3) is 16.9 Å². The van der Waals surface area contributed by atoms with Crippen molar-refractivity contribution >= 4 is 17.2 Å². The second kappa shape index (κ2) is 10.7. The molecular formula is C25H27ClN4O3. The van der Waals surface area contributed by atoms with Gasteiger partial charge in [0.2, 0.25) is 0 Å². The van der Waals surface area contributed by atoms with Gasteiger partial charge < -0.3 is 9.47 Å². The van der Waals surface area contributed by atoms with Crippen LogP contribution in [0.3, 0.4) is 0 Å². The molecule has 0 radical (unpaired) electrons. The summed E-state index contributed by atoms with van der Waals surface area (Å²) in [5.74, 6) is 0.855. The Hall–Kier alpha value is -3.13. The van der Waals surface area contributed by atoms with Crippen LogP contribution >= 0.6 is 11.6 Å². The molecule has 2 aromatic carbocycles. The number of hydrogen-bond donors (Lipinski definition) is 1. The van der Waals surface area contributed by atoms with Gasteiger partial charge in [0.05, 0.1) is 24.6 Å². The van der Waals surface area contributed by atoms with Crippen molar-refractivity contribution in [3.05, 3.63) is 87.3 Å². The molecule has 0 amide bonds. The Bertz CT molecular complexity index is 1250. The SMILES string of the molecule is CCOc1ccc(CN(CCOC)Cc2cc(=O)n3[nH]c(-c4ccc(Cl)cc4)cc3n2)cc1. The number of aromatic nitrogens is 3. The van der Waals surface area contributed by atoms with E-state index in [9.17, 15) is 4.79 Å². The molecule has 1 N–H and O–H groups in total. The largest absolute Gasteiger partial charge is 0.494 e. The number of H-pyrrole nitrogens is 1. The molecule has 0 bridgehead atoms. The molecule has 0 unspecified atom stereocenters. The highest BCUT2D eigenvalue weighted by Crippen LogP contribution is 2.21. The Morgan fingerprint density at radius 2 is 1.82 bits per heavy atom. The average Bonchev–Trinajstić information content (AvgIpc) is 3.24. The number of halogens is 1. The first-order chi connectivity index (χ1) is 16.1. The van der Waals surface area contributed by atoms with E-state index in [1.807, 2.05) is 49.4 Å². The topological polar surface area (TPSA) is 71.9 Å². The van der Waals surface area contributed by atoms with Gasteiger partial charge in [-0.25, -0.2) is 9.50 Å². The van der Waals surface area contributed by atoms with E-state index in [-0.39, 0.29) is 5.56 Å². The van der Waals surface area contributed by atoms with E-state index in [1.165, 1.54) is 4.52 Å². The first-order valence-corrected chi connectivity index (χ1v) is 11.2. The van der Waals surface area contributed by atoms with Crippen LogP contribution in [-0.2, 0) is 17.8 Å². The summed E-state index contributed by atoms with van der Waals surface area (Å²) in [6.45, 7) is 5.15. The fourth-order valence-corrected chi connectivity index (χ4v) is 3.80. The number of nitrogens with zero attached hydrogens (tertiary/aromatic N) is 3. The van der Waals surface area contributed by atoms with Crippen LogP contribution < -0.4 is 10.3 Å². The maximum atomic E-state index is 12.8. The third kappa shape index (κ3) is 5.82. The lowest BCUT2D eigenvalue weighted by molar-refractivity contribution is 0.139. The standard InChI is InChI=1S/C25H27ClN4O3/c1-3-33-22-10-4-18(5-11-22)16-29(12-13-32-2)17-21-14-25(31)30-24(27-21)15-23(28-30)19-6-8-20(26)9-7-19/h4-11,14-15,28H,3,12-13,16-17H2,1-2H3. The third-order valence-corrected chi connectivity index (χ3v) is 5.55. The molecular weight excluding hydrogens is 440 g/mol. The smallest absolute Gasteiger partial charge is 0.272 e. The van der Waals surface area contributed by atoms with Gasteiger partial charge in [0, 0.05) is 43.9 Å². The van der Waals surface area contributed by atoms with E-state index in [0.29, 0.717) is 49.2 Å². The summed E-state index contributed by atoms with van der Waals surface area (Å²) >= 11 is 5.99. The van der Waals surface area contributed by atoms with Gasteiger partial charge in [0.1, 0.15) is 5.75 Å². The molecule has 0 aliphatic heterocycles. The Labute approximate surface area is 197 Å². The molecule has 0 fully saturated rings. The summed E-state index contributed by atoms with van der Waals surface area (Å²) in [5, 5.41) is 3.79. The molecule has 0 saturated heterocycles. The van der Waals surface area contributed by atoms with Gasteiger partial charge in [0.25, 0.3) is 5.56 Å². The molecule has 0 aliphatic rings. The monoisotopic (exact) mass is 466 g/mol. The Balaban J connectivity index is 1.56. The molecule has 8 heteroatoms. The number of fused-ring (bicyclic) bond motifs is 1. The fourth-order valence-electron chi connectivity index (χ4n) is 3.68. The van der Waals surface area contributed by atoms with Gasteiger partial charge in [-0.05, 0) is 42.3 Å².